The van der Waals surface area contributed by atoms with Crippen molar-refractivity contribution in [2.45, 2.75) is 27.3 Å². The summed E-state index contributed by atoms with van der Waals surface area (Å²) >= 11 is 0. The summed E-state index contributed by atoms with van der Waals surface area (Å²) in [6.45, 7) is 8.13. The normalized spacial score (nSPS) is 11.6. The predicted molar refractivity (Wildman–Crippen MR) is 82.3 cm³/mol. The van der Waals surface area contributed by atoms with Gasteiger partial charge >= 0.3 is 0 Å². The highest BCUT2D eigenvalue weighted by atomic mass is 16.5. The van der Waals surface area contributed by atoms with Gasteiger partial charge in [-0.1, -0.05) is 19.9 Å². The molecule has 0 saturated carbocycles. The Balaban J connectivity index is 2.66. The van der Waals surface area contributed by atoms with Gasteiger partial charge in [0, 0.05) is 6.54 Å². The molecule has 0 unspecified atom stereocenters. The molecule has 5 nitrogen and oxygen atoms in total. The Labute approximate surface area is 121 Å². The second-order valence-electron chi connectivity index (χ2n) is 4.89. The number of rotatable bonds is 7. The summed E-state index contributed by atoms with van der Waals surface area (Å²) in [6.07, 6.45) is 0. The lowest BCUT2D eigenvalue weighted by molar-refractivity contribution is 0.310. The summed E-state index contributed by atoms with van der Waals surface area (Å²) in [7, 11) is 1.63. The third kappa shape index (κ3) is 5.38. The molecule has 0 aliphatic carbocycles. The summed E-state index contributed by atoms with van der Waals surface area (Å²) in [6, 6.07) is 5.78. The number of aliphatic imine (C=N–C) groups is 1. The molecule has 3 N–H and O–H groups in total. The van der Waals surface area contributed by atoms with E-state index in [1.165, 1.54) is 0 Å². The molecular formula is C15H25N3O2. The standard InChI is InChI=1S/C15H25N3O2/c1-5-20-13-7-6-12(8-14(13)19-4)10-18-15(16)17-9-11(2)3/h6-8,11H,5,9-10H2,1-4H3,(H3,16,17,18). The van der Waals surface area contributed by atoms with E-state index in [2.05, 4.69) is 24.2 Å². The summed E-state index contributed by atoms with van der Waals surface area (Å²) < 4.78 is 10.8. The van der Waals surface area contributed by atoms with Crippen molar-refractivity contribution in [3.8, 4) is 11.5 Å². The second-order valence-corrected chi connectivity index (χ2v) is 4.89. The molecule has 0 amide bonds. The van der Waals surface area contributed by atoms with Crippen molar-refractivity contribution in [3.05, 3.63) is 23.8 Å². The van der Waals surface area contributed by atoms with Crippen LogP contribution in [0.1, 0.15) is 26.3 Å². The highest BCUT2D eigenvalue weighted by Crippen LogP contribution is 2.28. The molecule has 0 aliphatic heterocycles. The van der Waals surface area contributed by atoms with Gasteiger partial charge in [0.1, 0.15) is 0 Å². The van der Waals surface area contributed by atoms with Gasteiger partial charge < -0.3 is 20.5 Å². The van der Waals surface area contributed by atoms with Gasteiger partial charge in [0.2, 0.25) is 0 Å². The molecule has 0 heterocycles. The topological polar surface area (TPSA) is 68.9 Å². The van der Waals surface area contributed by atoms with E-state index in [0.29, 0.717) is 30.8 Å². The molecule has 0 saturated heterocycles. The van der Waals surface area contributed by atoms with Crippen molar-refractivity contribution in [1.29, 1.82) is 0 Å². The minimum atomic E-state index is 0.464. The Bertz CT molecular complexity index is 445. The molecule has 20 heavy (non-hydrogen) atoms. The van der Waals surface area contributed by atoms with Crippen LogP contribution in [0.5, 0.6) is 11.5 Å². The first-order chi connectivity index (χ1) is 9.56. The fraction of sp³-hybridized carbons (Fsp3) is 0.533. The summed E-state index contributed by atoms with van der Waals surface area (Å²) in [5.74, 6) is 2.46. The van der Waals surface area contributed by atoms with Crippen molar-refractivity contribution in [3.63, 3.8) is 0 Å². The van der Waals surface area contributed by atoms with Gasteiger partial charge in [0.15, 0.2) is 17.5 Å². The van der Waals surface area contributed by atoms with Crippen LogP contribution in [0.3, 0.4) is 0 Å². The van der Waals surface area contributed by atoms with Crippen molar-refractivity contribution in [1.82, 2.24) is 5.32 Å². The van der Waals surface area contributed by atoms with Gasteiger partial charge in [-0.15, -0.1) is 0 Å². The number of hydrogen-bond acceptors (Lipinski definition) is 3. The maximum Gasteiger partial charge on any atom is 0.188 e. The van der Waals surface area contributed by atoms with Crippen molar-refractivity contribution in [2.75, 3.05) is 20.3 Å². The average Bonchev–Trinajstić information content (AvgIpc) is 2.44. The van der Waals surface area contributed by atoms with Crippen LogP contribution in [0.4, 0.5) is 0 Å². The number of ether oxygens (including phenoxy) is 2. The number of nitrogens with zero attached hydrogens (tertiary/aromatic N) is 1. The van der Waals surface area contributed by atoms with Gasteiger partial charge in [0.25, 0.3) is 0 Å². The van der Waals surface area contributed by atoms with Crippen molar-refractivity contribution >= 4 is 5.96 Å². The van der Waals surface area contributed by atoms with Gasteiger partial charge in [0.05, 0.1) is 20.3 Å². The zero-order valence-corrected chi connectivity index (χ0v) is 12.8. The first-order valence-corrected chi connectivity index (χ1v) is 6.90. The van der Waals surface area contributed by atoms with Crippen LogP contribution in [0.25, 0.3) is 0 Å². The van der Waals surface area contributed by atoms with Crippen LogP contribution in [0.15, 0.2) is 23.2 Å². The molecule has 112 valence electrons. The number of nitrogens with two attached hydrogens (primary N) is 1. The average molecular weight is 279 g/mol. The number of nitrogens with one attached hydrogen (secondary N) is 1. The van der Waals surface area contributed by atoms with E-state index < -0.39 is 0 Å². The Hall–Kier alpha value is -1.91. The number of guanidine groups is 1. The molecule has 0 atom stereocenters. The first kappa shape index (κ1) is 16.1. The van der Waals surface area contributed by atoms with Gasteiger partial charge in [-0.25, -0.2) is 4.99 Å². The number of benzene rings is 1. The molecule has 0 radical (unpaired) electrons. The number of methoxy groups -OCH3 is 1. The lowest BCUT2D eigenvalue weighted by atomic mass is 10.2. The van der Waals surface area contributed by atoms with E-state index in [0.717, 1.165) is 17.9 Å². The van der Waals surface area contributed by atoms with E-state index in [9.17, 15) is 0 Å². The molecule has 1 aromatic carbocycles. The smallest absolute Gasteiger partial charge is 0.188 e. The van der Waals surface area contributed by atoms with Crippen molar-refractivity contribution < 1.29 is 9.47 Å². The van der Waals surface area contributed by atoms with Crippen LogP contribution in [0.2, 0.25) is 0 Å². The summed E-state index contributed by atoms with van der Waals surface area (Å²) in [4.78, 5) is 4.30. The molecule has 0 aromatic heterocycles. The predicted octanol–water partition coefficient (Wildman–Crippen LogP) is 2.15. The lowest BCUT2D eigenvalue weighted by Crippen LogP contribution is -2.34. The van der Waals surface area contributed by atoms with Crippen molar-refractivity contribution in [2.24, 2.45) is 16.6 Å². The lowest BCUT2D eigenvalue weighted by Gasteiger charge is -2.11. The van der Waals surface area contributed by atoms with E-state index in [1.807, 2.05) is 25.1 Å². The maximum atomic E-state index is 5.80. The third-order valence-electron chi connectivity index (χ3n) is 2.65. The number of hydrogen-bond donors (Lipinski definition) is 2. The fourth-order valence-electron chi connectivity index (χ4n) is 1.63. The van der Waals surface area contributed by atoms with E-state index in [1.54, 1.807) is 7.11 Å². The van der Waals surface area contributed by atoms with Crippen LogP contribution in [0, 0.1) is 5.92 Å². The van der Waals surface area contributed by atoms with Gasteiger partial charge in [-0.2, -0.15) is 0 Å². The molecule has 1 aromatic rings. The highest BCUT2D eigenvalue weighted by molar-refractivity contribution is 5.77. The fourth-order valence-corrected chi connectivity index (χ4v) is 1.63. The summed E-state index contributed by atoms with van der Waals surface area (Å²) in [5, 5.41) is 3.08. The third-order valence-corrected chi connectivity index (χ3v) is 2.65. The zero-order valence-electron chi connectivity index (χ0n) is 12.8. The summed E-state index contributed by atoms with van der Waals surface area (Å²) in [5.41, 5.74) is 6.83. The van der Waals surface area contributed by atoms with Gasteiger partial charge in [-0.05, 0) is 30.5 Å². The van der Waals surface area contributed by atoms with Crippen LogP contribution >= 0.6 is 0 Å². The SMILES string of the molecule is CCOc1ccc(CN=C(N)NCC(C)C)cc1OC. The first-order valence-electron chi connectivity index (χ1n) is 6.90. The Morgan fingerprint density at radius 2 is 2.10 bits per heavy atom. The molecule has 0 bridgehead atoms. The molecule has 0 spiro atoms. The maximum absolute atomic E-state index is 5.80. The largest absolute Gasteiger partial charge is 0.493 e. The quantitative estimate of drug-likeness (QED) is 0.593. The zero-order chi connectivity index (χ0) is 15.0. The van der Waals surface area contributed by atoms with Crippen LogP contribution in [-0.4, -0.2) is 26.2 Å². The molecular weight excluding hydrogens is 254 g/mol. The minimum absolute atomic E-state index is 0.464. The highest BCUT2D eigenvalue weighted by Gasteiger charge is 2.05. The molecule has 0 aliphatic rings. The monoisotopic (exact) mass is 279 g/mol. The Kier molecular flexibility index (Phi) is 6.70. The second kappa shape index (κ2) is 8.30. The molecule has 5 heteroatoms. The van der Waals surface area contributed by atoms with E-state index in [4.69, 9.17) is 15.2 Å². The van der Waals surface area contributed by atoms with Crippen LogP contribution in [-0.2, 0) is 6.54 Å². The van der Waals surface area contributed by atoms with Gasteiger partial charge in [-0.3, -0.25) is 0 Å². The van der Waals surface area contributed by atoms with E-state index >= 15 is 0 Å². The van der Waals surface area contributed by atoms with Crippen LogP contribution < -0.4 is 20.5 Å². The Morgan fingerprint density at radius 1 is 1.35 bits per heavy atom. The minimum Gasteiger partial charge on any atom is -0.493 e. The van der Waals surface area contributed by atoms with E-state index in [-0.39, 0.29) is 0 Å². The molecule has 0 fully saturated rings. The molecule has 1 rings (SSSR count). The Morgan fingerprint density at radius 3 is 2.70 bits per heavy atom.